The van der Waals surface area contributed by atoms with E-state index in [0.717, 1.165) is 26.2 Å². The third-order valence-corrected chi connectivity index (χ3v) is 1.98. The summed E-state index contributed by atoms with van der Waals surface area (Å²) in [5.74, 6) is 1.25. The van der Waals surface area contributed by atoms with Crippen LogP contribution >= 0.6 is 0 Å². The van der Waals surface area contributed by atoms with Gasteiger partial charge >= 0.3 is 78.3 Å². The first-order valence-corrected chi connectivity index (χ1v) is 4.77. The number of rotatable bonds is 2. The summed E-state index contributed by atoms with van der Waals surface area (Å²) in [7, 11) is 3.38. The molecule has 1 aromatic heterocycles. The van der Waals surface area contributed by atoms with Crippen LogP contribution in [0, 0.1) is 0 Å². The van der Waals surface area contributed by atoms with Crippen LogP contribution in [0.1, 0.15) is 0 Å². The summed E-state index contributed by atoms with van der Waals surface area (Å²) in [6, 6.07) is 0. The van der Waals surface area contributed by atoms with Gasteiger partial charge in [0.25, 0.3) is 0 Å². The molecular weight excluding hydrogens is 249 g/mol. The zero-order valence-corrected chi connectivity index (χ0v) is 9.75. The molecule has 0 aliphatic rings. The fourth-order valence-corrected chi connectivity index (χ4v) is 1.25. The van der Waals surface area contributed by atoms with Gasteiger partial charge in [0.2, 0.25) is 0 Å². The van der Waals surface area contributed by atoms with Gasteiger partial charge in [-0.05, 0) is 0 Å². The molecule has 5 heteroatoms. The topological polar surface area (TPSA) is 47.0 Å². The summed E-state index contributed by atoms with van der Waals surface area (Å²) in [5.41, 5.74) is 0. The molecular formula is C6H9N3OSn. The van der Waals surface area contributed by atoms with E-state index in [2.05, 4.69) is 15.3 Å². The average molecular weight is 258 g/mol. The molecule has 0 aliphatic carbocycles. The fourth-order valence-electron chi connectivity index (χ4n) is 0.699. The van der Waals surface area contributed by atoms with Gasteiger partial charge in [0.15, 0.2) is 0 Å². The molecule has 1 rings (SSSR count). The molecule has 0 aliphatic heterocycles. The van der Waals surface area contributed by atoms with Crippen LogP contribution in [-0.2, 0) is 0 Å². The number of nitrogens with zero attached hydrogens (tertiary/aromatic N) is 2. The first kappa shape index (κ1) is 8.57. The molecule has 0 saturated carbocycles. The van der Waals surface area contributed by atoms with Crippen LogP contribution < -0.4 is 13.8 Å². The summed E-state index contributed by atoms with van der Waals surface area (Å²) in [6.07, 6.45) is 1.75. The van der Waals surface area contributed by atoms with E-state index in [1.54, 1.807) is 20.4 Å². The number of hydrogen-bond donors (Lipinski definition) is 1. The van der Waals surface area contributed by atoms with Crippen molar-refractivity contribution in [1.29, 1.82) is 0 Å². The van der Waals surface area contributed by atoms with Gasteiger partial charge in [-0.2, -0.15) is 0 Å². The Morgan fingerprint density at radius 3 is 2.91 bits per heavy atom. The Balaban J connectivity index is 3.06. The fraction of sp³-hybridized carbons (Fsp3) is 0.333. The Hall–Kier alpha value is -0.521. The molecule has 1 N–H and O–H groups in total. The molecule has 11 heavy (non-hydrogen) atoms. The second-order valence-corrected chi connectivity index (χ2v) is 3.59. The van der Waals surface area contributed by atoms with E-state index < -0.39 is 0 Å². The van der Waals surface area contributed by atoms with Crippen molar-refractivity contribution >= 4 is 32.1 Å². The molecule has 0 spiro atoms. The SMILES string of the molecule is CNc1nc[c]([SnH])nc1OC. The molecule has 1 aromatic rings. The van der Waals surface area contributed by atoms with E-state index in [1.807, 2.05) is 0 Å². The van der Waals surface area contributed by atoms with Crippen LogP contribution in [-0.4, -0.2) is 46.7 Å². The van der Waals surface area contributed by atoms with Gasteiger partial charge in [-0.1, -0.05) is 0 Å². The van der Waals surface area contributed by atoms with Crippen molar-refractivity contribution in [1.82, 2.24) is 9.97 Å². The van der Waals surface area contributed by atoms with Crippen molar-refractivity contribution in [2.75, 3.05) is 19.5 Å². The Kier molecular flexibility index (Phi) is 2.92. The number of anilines is 1. The van der Waals surface area contributed by atoms with E-state index in [9.17, 15) is 0 Å². The van der Waals surface area contributed by atoms with E-state index in [-0.39, 0.29) is 0 Å². The summed E-state index contributed by atoms with van der Waals surface area (Å²) in [4.78, 5) is 8.27. The average Bonchev–Trinajstić information content (AvgIpc) is 2.04. The molecule has 1 heterocycles. The molecule has 0 fully saturated rings. The van der Waals surface area contributed by atoms with Crippen molar-refractivity contribution in [2.45, 2.75) is 0 Å². The van der Waals surface area contributed by atoms with Gasteiger partial charge in [-0.25, -0.2) is 0 Å². The molecule has 0 atom stereocenters. The van der Waals surface area contributed by atoms with Crippen molar-refractivity contribution in [3.63, 3.8) is 0 Å². The zero-order valence-electron chi connectivity index (χ0n) is 6.46. The number of methoxy groups -OCH3 is 1. The molecule has 0 aromatic carbocycles. The number of aromatic nitrogens is 2. The summed E-state index contributed by atoms with van der Waals surface area (Å²) in [6.45, 7) is 0. The van der Waals surface area contributed by atoms with Crippen LogP contribution in [0.3, 0.4) is 0 Å². The first-order valence-electron chi connectivity index (χ1n) is 3.12. The van der Waals surface area contributed by atoms with Gasteiger partial charge in [0.05, 0.1) is 0 Å². The molecule has 0 amide bonds. The monoisotopic (exact) mass is 259 g/mol. The van der Waals surface area contributed by atoms with Gasteiger partial charge < -0.3 is 0 Å². The quantitative estimate of drug-likeness (QED) is 0.695. The van der Waals surface area contributed by atoms with Gasteiger partial charge in [0, 0.05) is 0 Å². The normalized spacial score (nSPS) is 9.36. The molecule has 58 valence electrons. The Morgan fingerprint density at radius 2 is 2.36 bits per heavy atom. The Morgan fingerprint density at radius 1 is 1.64 bits per heavy atom. The first-order chi connectivity index (χ1) is 5.27. The van der Waals surface area contributed by atoms with Crippen molar-refractivity contribution in [3.8, 4) is 5.88 Å². The van der Waals surface area contributed by atoms with Gasteiger partial charge in [0.1, 0.15) is 0 Å². The van der Waals surface area contributed by atoms with E-state index in [4.69, 9.17) is 4.74 Å². The van der Waals surface area contributed by atoms with Crippen LogP contribution in [0.15, 0.2) is 6.20 Å². The van der Waals surface area contributed by atoms with Crippen molar-refractivity contribution in [3.05, 3.63) is 6.20 Å². The summed E-state index contributed by atoms with van der Waals surface area (Å²) >= 11 is 0.958. The Labute approximate surface area is 78.5 Å². The van der Waals surface area contributed by atoms with Crippen LogP contribution in [0.5, 0.6) is 5.88 Å². The third kappa shape index (κ3) is 1.95. The summed E-state index contributed by atoms with van der Waals surface area (Å²) in [5, 5.41) is 2.89. The van der Waals surface area contributed by atoms with Crippen LogP contribution in [0.25, 0.3) is 0 Å². The van der Waals surface area contributed by atoms with Crippen LogP contribution in [0.4, 0.5) is 5.82 Å². The van der Waals surface area contributed by atoms with E-state index >= 15 is 0 Å². The van der Waals surface area contributed by atoms with E-state index in [0.29, 0.717) is 11.7 Å². The molecule has 2 radical (unpaired) electrons. The standard InChI is InChI=1S/C6H8N3O.Sn.H/c1-7-5-6(10-2)9-4-3-8-5;;/h3H,1-2H3,(H,7,8);;. The molecule has 0 bridgehead atoms. The van der Waals surface area contributed by atoms with Crippen molar-refractivity contribution in [2.24, 2.45) is 0 Å². The molecule has 0 unspecified atom stereocenters. The predicted octanol–water partition coefficient (Wildman–Crippen LogP) is -0.947. The minimum atomic E-state index is 0.567. The number of ether oxygens (including phenoxy) is 1. The number of nitrogens with one attached hydrogen (secondary N) is 1. The second kappa shape index (κ2) is 3.75. The van der Waals surface area contributed by atoms with Gasteiger partial charge in [-0.3, -0.25) is 0 Å². The van der Waals surface area contributed by atoms with E-state index in [1.165, 1.54) is 0 Å². The zero-order chi connectivity index (χ0) is 8.27. The Bertz CT molecular complexity index is 254. The van der Waals surface area contributed by atoms with Crippen LogP contribution in [0.2, 0.25) is 0 Å². The maximum atomic E-state index is 5.00. The summed E-state index contributed by atoms with van der Waals surface area (Å²) < 4.78 is 5.98. The molecule has 4 nitrogen and oxygen atoms in total. The van der Waals surface area contributed by atoms with Gasteiger partial charge in [-0.15, -0.1) is 0 Å². The second-order valence-electron chi connectivity index (χ2n) is 1.90. The predicted molar refractivity (Wildman–Crippen MR) is 44.9 cm³/mol. The third-order valence-electron chi connectivity index (χ3n) is 1.19. The minimum absolute atomic E-state index is 0.567. The van der Waals surface area contributed by atoms with Crippen molar-refractivity contribution < 1.29 is 4.74 Å². The number of hydrogen-bond acceptors (Lipinski definition) is 4. The maximum absolute atomic E-state index is 5.00. The molecule has 0 saturated heterocycles.